The van der Waals surface area contributed by atoms with Gasteiger partial charge in [0.25, 0.3) is 0 Å². The Morgan fingerprint density at radius 1 is 0.958 bits per heavy atom. The molecule has 0 atom stereocenters. The molecule has 0 radical (unpaired) electrons. The van der Waals surface area contributed by atoms with E-state index in [0.717, 1.165) is 11.3 Å². The van der Waals surface area contributed by atoms with Crippen molar-refractivity contribution in [1.29, 1.82) is 0 Å². The predicted molar refractivity (Wildman–Crippen MR) is 95.4 cm³/mol. The molecule has 0 aromatic heterocycles. The number of benzene rings is 2. The van der Waals surface area contributed by atoms with Gasteiger partial charge in [0.1, 0.15) is 12.4 Å². The minimum atomic E-state index is -0.427. The third-order valence-electron chi connectivity index (χ3n) is 3.48. The van der Waals surface area contributed by atoms with Crippen LogP contribution in [0.2, 0.25) is 0 Å². The molecule has 0 fully saturated rings. The number of anilines is 1. The van der Waals surface area contributed by atoms with Gasteiger partial charge in [-0.2, -0.15) is 0 Å². The van der Waals surface area contributed by atoms with Crippen molar-refractivity contribution in [2.24, 2.45) is 0 Å². The Bertz CT molecular complexity index is 646. The molecule has 4 nitrogen and oxygen atoms in total. The highest BCUT2D eigenvalue weighted by atomic mass is 35.5. The summed E-state index contributed by atoms with van der Waals surface area (Å²) in [5.74, 6) is -0.0219. The van der Waals surface area contributed by atoms with Gasteiger partial charge in [-0.3, -0.25) is 9.69 Å². The number of nitrogens with zero attached hydrogens (tertiary/aromatic N) is 1. The topological polar surface area (TPSA) is 46.6 Å². The normalized spacial score (nSPS) is 10.2. The number of rotatable bonds is 8. The summed E-state index contributed by atoms with van der Waals surface area (Å²) in [5.41, 5.74) is 1.67. The molecule has 0 spiro atoms. The van der Waals surface area contributed by atoms with Gasteiger partial charge in [0.2, 0.25) is 0 Å². The number of hydrogen-bond donors (Lipinski definition) is 0. The van der Waals surface area contributed by atoms with Crippen LogP contribution in [0.1, 0.15) is 18.4 Å². The van der Waals surface area contributed by atoms with E-state index in [1.54, 1.807) is 4.90 Å². The lowest BCUT2D eigenvalue weighted by Crippen LogP contribution is -2.32. The van der Waals surface area contributed by atoms with Crippen LogP contribution in [0, 0.1) is 0 Å². The first-order valence-corrected chi connectivity index (χ1v) is 8.35. The van der Waals surface area contributed by atoms with Gasteiger partial charge in [-0.25, -0.2) is 4.79 Å². The van der Waals surface area contributed by atoms with Crippen molar-refractivity contribution in [3.8, 4) is 0 Å². The summed E-state index contributed by atoms with van der Waals surface area (Å²) in [6.45, 7) is 0.615. The Labute approximate surface area is 147 Å². The zero-order chi connectivity index (χ0) is 17.2. The molecule has 0 aliphatic heterocycles. The van der Waals surface area contributed by atoms with Gasteiger partial charge in [0.05, 0.1) is 5.88 Å². The van der Waals surface area contributed by atoms with Crippen molar-refractivity contribution < 1.29 is 14.3 Å². The van der Waals surface area contributed by atoms with Crippen molar-refractivity contribution >= 4 is 29.2 Å². The summed E-state index contributed by atoms with van der Waals surface area (Å²) in [6.07, 6.45) is 0.461. The second-order valence-electron chi connectivity index (χ2n) is 5.30. The lowest BCUT2D eigenvalue weighted by Gasteiger charge is -2.22. The van der Waals surface area contributed by atoms with Gasteiger partial charge in [-0.05, 0) is 24.1 Å². The monoisotopic (exact) mass is 345 g/mol. The van der Waals surface area contributed by atoms with Gasteiger partial charge in [-0.1, -0.05) is 48.5 Å². The van der Waals surface area contributed by atoms with E-state index in [-0.39, 0.29) is 18.3 Å². The number of carbonyl (C=O) groups excluding carboxylic acids is 2. The maximum absolute atomic E-state index is 12.5. The van der Waals surface area contributed by atoms with Crippen molar-refractivity contribution in [3.63, 3.8) is 0 Å². The highest BCUT2D eigenvalue weighted by Gasteiger charge is 2.17. The van der Waals surface area contributed by atoms with Gasteiger partial charge in [-0.15, -0.1) is 11.6 Å². The number of alkyl halides is 1. The summed E-state index contributed by atoms with van der Waals surface area (Å²) in [4.78, 5) is 25.3. The summed E-state index contributed by atoms with van der Waals surface area (Å²) in [7, 11) is 0. The van der Waals surface area contributed by atoms with Crippen LogP contribution >= 0.6 is 11.6 Å². The highest BCUT2D eigenvalue weighted by Crippen LogP contribution is 2.16. The Balaban J connectivity index is 1.98. The van der Waals surface area contributed by atoms with Gasteiger partial charge < -0.3 is 4.74 Å². The zero-order valence-corrected chi connectivity index (χ0v) is 14.1. The smallest absolute Gasteiger partial charge is 0.414 e. The van der Waals surface area contributed by atoms with Crippen LogP contribution in [0.3, 0.4) is 0 Å². The first kappa shape index (κ1) is 18.0. The summed E-state index contributed by atoms with van der Waals surface area (Å²) < 4.78 is 5.40. The molecule has 0 N–H and O–H groups in total. The van der Waals surface area contributed by atoms with Crippen LogP contribution in [-0.4, -0.2) is 24.3 Å². The lowest BCUT2D eigenvalue weighted by molar-refractivity contribution is -0.116. The van der Waals surface area contributed by atoms with E-state index in [4.69, 9.17) is 16.3 Å². The molecule has 2 rings (SSSR count). The maximum atomic E-state index is 12.5. The van der Waals surface area contributed by atoms with Crippen LogP contribution in [0.15, 0.2) is 60.7 Å². The van der Waals surface area contributed by atoms with Crippen molar-refractivity contribution in [3.05, 3.63) is 66.2 Å². The van der Waals surface area contributed by atoms with E-state index in [0.29, 0.717) is 19.4 Å². The van der Waals surface area contributed by atoms with Crippen molar-refractivity contribution in [2.45, 2.75) is 19.4 Å². The molecular formula is C19H20ClNO3. The quantitative estimate of drug-likeness (QED) is 0.665. The van der Waals surface area contributed by atoms with E-state index in [1.165, 1.54) is 0 Å². The number of Topliss-reactive ketones (excluding diaryl/α,β-unsaturated/α-hetero) is 1. The zero-order valence-electron chi connectivity index (χ0n) is 13.4. The molecule has 2 aromatic carbocycles. The number of carbonyl (C=O) groups is 2. The number of ether oxygens (including phenoxy) is 1. The summed E-state index contributed by atoms with van der Waals surface area (Å²) in [5, 5.41) is 0. The number of halogens is 1. The largest absolute Gasteiger partial charge is 0.444 e. The third kappa shape index (κ3) is 5.70. The van der Waals surface area contributed by atoms with Crippen LogP contribution < -0.4 is 4.90 Å². The van der Waals surface area contributed by atoms with Crippen molar-refractivity contribution in [2.75, 3.05) is 17.3 Å². The molecule has 0 aliphatic carbocycles. The molecule has 0 saturated heterocycles. The molecule has 1 amide bonds. The highest BCUT2D eigenvalue weighted by molar-refractivity contribution is 6.27. The average Bonchev–Trinajstić information content (AvgIpc) is 2.64. The molecule has 24 heavy (non-hydrogen) atoms. The second-order valence-corrected chi connectivity index (χ2v) is 5.57. The Kier molecular flexibility index (Phi) is 7.30. The first-order chi connectivity index (χ1) is 11.7. The second kappa shape index (κ2) is 9.73. The van der Waals surface area contributed by atoms with E-state index in [2.05, 4.69) is 0 Å². The molecule has 0 unspecified atom stereocenters. The summed E-state index contributed by atoms with van der Waals surface area (Å²) in [6, 6.07) is 18.8. The van der Waals surface area contributed by atoms with Gasteiger partial charge in [0.15, 0.2) is 0 Å². The van der Waals surface area contributed by atoms with Crippen LogP contribution in [0.4, 0.5) is 10.5 Å². The molecule has 0 saturated carbocycles. The molecule has 0 bridgehead atoms. The number of amides is 1. The van der Waals surface area contributed by atoms with Gasteiger partial charge in [0, 0.05) is 18.7 Å². The average molecular weight is 346 g/mol. The van der Waals surface area contributed by atoms with Crippen LogP contribution in [0.25, 0.3) is 0 Å². The summed E-state index contributed by atoms with van der Waals surface area (Å²) >= 11 is 5.51. The molecule has 2 aromatic rings. The number of para-hydroxylation sites is 1. The number of hydrogen-bond acceptors (Lipinski definition) is 3. The standard InChI is InChI=1S/C19H20ClNO3/c20-14-18(22)12-7-13-21(17-10-5-2-6-11-17)19(23)24-15-16-8-3-1-4-9-16/h1-6,8-11H,7,12-15H2. The lowest BCUT2D eigenvalue weighted by atomic mass is 10.2. The maximum Gasteiger partial charge on any atom is 0.414 e. The van der Waals surface area contributed by atoms with E-state index in [1.807, 2.05) is 60.7 Å². The molecule has 5 heteroatoms. The van der Waals surface area contributed by atoms with Gasteiger partial charge >= 0.3 is 6.09 Å². The fourth-order valence-electron chi connectivity index (χ4n) is 2.23. The molecule has 126 valence electrons. The minimum absolute atomic E-state index is 0.00376. The van der Waals surface area contributed by atoms with E-state index >= 15 is 0 Å². The minimum Gasteiger partial charge on any atom is -0.444 e. The molecular weight excluding hydrogens is 326 g/mol. The fourth-order valence-corrected chi connectivity index (χ4v) is 2.37. The first-order valence-electron chi connectivity index (χ1n) is 7.81. The molecule has 0 heterocycles. The van der Waals surface area contributed by atoms with Crippen LogP contribution in [-0.2, 0) is 16.1 Å². The fraction of sp³-hybridized carbons (Fsp3) is 0.263. The van der Waals surface area contributed by atoms with E-state index < -0.39 is 6.09 Å². The molecule has 0 aliphatic rings. The Morgan fingerprint density at radius 3 is 2.21 bits per heavy atom. The predicted octanol–water partition coefficient (Wildman–Crippen LogP) is 4.42. The van der Waals surface area contributed by atoms with Crippen molar-refractivity contribution in [1.82, 2.24) is 0 Å². The number of ketones is 1. The van der Waals surface area contributed by atoms with E-state index in [9.17, 15) is 9.59 Å². The Hall–Kier alpha value is -2.33. The van der Waals surface area contributed by atoms with Crippen LogP contribution in [0.5, 0.6) is 0 Å². The SMILES string of the molecule is O=C(CCl)CCCN(C(=O)OCc1ccccc1)c1ccccc1. The third-order valence-corrected chi connectivity index (χ3v) is 3.78. The Morgan fingerprint density at radius 2 is 1.58 bits per heavy atom.